The summed E-state index contributed by atoms with van der Waals surface area (Å²) in [5, 5.41) is 3.30. The molecule has 3 aromatic rings. The number of esters is 1. The molecule has 34 heavy (non-hydrogen) atoms. The summed E-state index contributed by atoms with van der Waals surface area (Å²) in [7, 11) is 0. The van der Waals surface area contributed by atoms with Crippen molar-refractivity contribution in [2.24, 2.45) is 0 Å². The molecular weight excluding hydrogens is 435 g/mol. The van der Waals surface area contributed by atoms with Crippen molar-refractivity contribution < 1.29 is 18.7 Å². The predicted molar refractivity (Wildman–Crippen MR) is 132 cm³/mol. The van der Waals surface area contributed by atoms with Gasteiger partial charge in [0.1, 0.15) is 11.5 Å². The molecule has 2 heterocycles. The highest BCUT2D eigenvalue weighted by Crippen LogP contribution is 2.30. The van der Waals surface area contributed by atoms with Gasteiger partial charge >= 0.3 is 5.97 Å². The van der Waals surface area contributed by atoms with Crippen molar-refractivity contribution in [1.29, 1.82) is 0 Å². The van der Waals surface area contributed by atoms with E-state index in [1.807, 2.05) is 6.92 Å². The molecule has 0 bridgehead atoms. The molecule has 0 aliphatic carbocycles. The number of rotatable bonds is 6. The molecule has 0 radical (unpaired) electrons. The van der Waals surface area contributed by atoms with Crippen LogP contribution in [0.3, 0.4) is 0 Å². The zero-order valence-corrected chi connectivity index (χ0v) is 20.1. The van der Waals surface area contributed by atoms with Gasteiger partial charge in [-0.3, -0.25) is 9.69 Å². The van der Waals surface area contributed by atoms with E-state index in [4.69, 9.17) is 4.74 Å². The number of fused-ring (bicyclic) bond motifs is 1. The van der Waals surface area contributed by atoms with Gasteiger partial charge in [0.15, 0.2) is 0 Å². The number of anilines is 2. The molecule has 0 unspecified atom stereocenters. The minimum absolute atomic E-state index is 0.114. The normalized spacial score (nSPS) is 15.4. The minimum atomic E-state index is -0.593. The number of aryl methyl sites for hydroxylation is 1. The number of benzene rings is 2. The molecular formula is C26H31FN4O3. The molecule has 4 rings (SSSR count). The van der Waals surface area contributed by atoms with Gasteiger partial charge in [-0.05, 0) is 63.1 Å². The van der Waals surface area contributed by atoms with Crippen molar-refractivity contribution in [1.82, 2.24) is 9.88 Å². The van der Waals surface area contributed by atoms with Crippen LogP contribution in [0.5, 0.6) is 0 Å². The molecule has 1 aliphatic heterocycles. The topological polar surface area (TPSA) is 77.7 Å². The van der Waals surface area contributed by atoms with Gasteiger partial charge in [-0.1, -0.05) is 12.1 Å². The van der Waals surface area contributed by atoms with Crippen LogP contribution < -0.4 is 10.2 Å². The number of halogens is 1. The monoisotopic (exact) mass is 466 g/mol. The molecule has 0 saturated carbocycles. The summed E-state index contributed by atoms with van der Waals surface area (Å²) in [5.41, 5.74) is 4.69. The van der Waals surface area contributed by atoms with E-state index in [0.717, 1.165) is 26.2 Å². The highest BCUT2D eigenvalue weighted by atomic mass is 19.1. The van der Waals surface area contributed by atoms with E-state index >= 15 is 0 Å². The molecule has 2 aromatic carbocycles. The van der Waals surface area contributed by atoms with Crippen LogP contribution in [0.15, 0.2) is 36.4 Å². The molecule has 1 saturated heterocycles. The number of nitrogens with one attached hydrogen (secondary N) is 2. The Hall–Kier alpha value is -3.39. The third-order valence-electron chi connectivity index (χ3n) is 6.65. The minimum Gasteiger partial charge on any atom is -0.461 e. The average molecular weight is 467 g/mol. The third kappa shape index (κ3) is 4.63. The number of hydrogen-bond donors (Lipinski definition) is 2. The van der Waals surface area contributed by atoms with Gasteiger partial charge in [-0.2, -0.15) is 0 Å². The lowest BCUT2D eigenvalue weighted by atomic mass is 10.1. The van der Waals surface area contributed by atoms with Crippen molar-refractivity contribution in [3.05, 3.63) is 59.0 Å². The average Bonchev–Trinajstić information content (AvgIpc) is 3.18. The van der Waals surface area contributed by atoms with Gasteiger partial charge in [0.25, 0.3) is 0 Å². The van der Waals surface area contributed by atoms with Crippen molar-refractivity contribution in [2.45, 2.75) is 33.7 Å². The Morgan fingerprint density at radius 3 is 2.59 bits per heavy atom. The predicted octanol–water partition coefficient (Wildman–Crippen LogP) is 4.25. The molecule has 1 fully saturated rings. The fourth-order valence-corrected chi connectivity index (χ4v) is 4.47. The first-order valence-corrected chi connectivity index (χ1v) is 11.6. The highest BCUT2D eigenvalue weighted by Gasteiger charge is 2.28. The number of aromatic amines is 1. The number of nitrogens with zero attached hydrogens (tertiary/aromatic N) is 2. The lowest BCUT2D eigenvalue weighted by molar-refractivity contribution is -0.120. The molecule has 2 N–H and O–H groups in total. The maximum absolute atomic E-state index is 13.9. The van der Waals surface area contributed by atoms with Crippen molar-refractivity contribution in [2.75, 3.05) is 43.0 Å². The van der Waals surface area contributed by atoms with Crippen LogP contribution in [-0.2, 0) is 9.53 Å². The molecule has 1 aromatic heterocycles. The Morgan fingerprint density at radius 1 is 1.15 bits per heavy atom. The van der Waals surface area contributed by atoms with E-state index in [1.165, 1.54) is 28.9 Å². The fraction of sp³-hybridized carbons (Fsp3) is 0.385. The largest absolute Gasteiger partial charge is 0.461 e. The van der Waals surface area contributed by atoms with Gasteiger partial charge in [-0.25, -0.2) is 9.18 Å². The van der Waals surface area contributed by atoms with Crippen molar-refractivity contribution in [3.8, 4) is 0 Å². The summed E-state index contributed by atoms with van der Waals surface area (Å²) < 4.78 is 19.1. The second-order valence-corrected chi connectivity index (χ2v) is 8.69. The van der Waals surface area contributed by atoms with Crippen LogP contribution in [0.2, 0.25) is 0 Å². The number of amides is 1. The van der Waals surface area contributed by atoms with Crippen LogP contribution in [0.25, 0.3) is 10.9 Å². The lowest BCUT2D eigenvalue weighted by Gasteiger charge is -2.39. The summed E-state index contributed by atoms with van der Waals surface area (Å²) in [4.78, 5) is 33.1. The second-order valence-electron chi connectivity index (χ2n) is 8.69. The standard InChI is InChI=1S/C26H31FN4O3/c1-5-34-26(33)24-23(20-15-19(27)9-10-21(20)28-24)29-25(32)18(4)30-11-13-31(14-12-30)22-8-6-7-16(2)17(22)3/h6-10,15,18,28H,5,11-14H2,1-4H3,(H,29,32)/t18-/m1/s1. The van der Waals surface area contributed by atoms with E-state index in [-0.39, 0.29) is 23.9 Å². The maximum Gasteiger partial charge on any atom is 0.356 e. The molecule has 1 amide bonds. The van der Waals surface area contributed by atoms with E-state index in [9.17, 15) is 14.0 Å². The first-order chi connectivity index (χ1) is 16.3. The van der Waals surface area contributed by atoms with Crippen molar-refractivity contribution >= 4 is 34.2 Å². The Balaban J connectivity index is 1.49. The molecule has 7 nitrogen and oxygen atoms in total. The zero-order valence-electron chi connectivity index (χ0n) is 20.1. The Kier molecular flexibility index (Phi) is 6.88. The van der Waals surface area contributed by atoms with Gasteiger partial charge in [0.2, 0.25) is 5.91 Å². The molecule has 1 atom stereocenters. The summed E-state index contributed by atoms with van der Waals surface area (Å²) in [6, 6.07) is 10.1. The Morgan fingerprint density at radius 2 is 1.88 bits per heavy atom. The fourth-order valence-electron chi connectivity index (χ4n) is 4.47. The number of aromatic nitrogens is 1. The lowest BCUT2D eigenvalue weighted by Crippen LogP contribution is -2.53. The maximum atomic E-state index is 13.9. The zero-order chi connectivity index (χ0) is 24.4. The van der Waals surface area contributed by atoms with Gasteiger partial charge < -0.3 is 19.9 Å². The van der Waals surface area contributed by atoms with Gasteiger partial charge in [-0.15, -0.1) is 0 Å². The van der Waals surface area contributed by atoms with Crippen LogP contribution in [0.1, 0.15) is 35.5 Å². The van der Waals surface area contributed by atoms with E-state index in [1.54, 1.807) is 13.0 Å². The Bertz CT molecular complexity index is 1210. The number of carbonyl (C=O) groups excluding carboxylic acids is 2. The van der Waals surface area contributed by atoms with Crippen LogP contribution in [0.4, 0.5) is 15.8 Å². The summed E-state index contributed by atoms with van der Waals surface area (Å²) >= 11 is 0. The summed E-state index contributed by atoms with van der Waals surface area (Å²) in [6.45, 7) is 11.1. The van der Waals surface area contributed by atoms with Gasteiger partial charge in [0.05, 0.1) is 18.3 Å². The number of hydrogen-bond acceptors (Lipinski definition) is 5. The van der Waals surface area contributed by atoms with Crippen LogP contribution in [-0.4, -0.2) is 60.6 Å². The highest BCUT2D eigenvalue weighted by molar-refractivity contribution is 6.11. The first kappa shape index (κ1) is 23.8. The van der Waals surface area contributed by atoms with Gasteiger partial charge in [0, 0.05) is 42.8 Å². The first-order valence-electron chi connectivity index (χ1n) is 11.6. The van der Waals surface area contributed by atoms with E-state index in [2.05, 4.69) is 52.1 Å². The summed E-state index contributed by atoms with van der Waals surface area (Å²) in [6.07, 6.45) is 0. The molecule has 180 valence electrons. The van der Waals surface area contributed by atoms with Crippen LogP contribution >= 0.6 is 0 Å². The van der Waals surface area contributed by atoms with Crippen LogP contribution in [0, 0.1) is 19.7 Å². The molecule has 1 aliphatic rings. The Labute approximate surface area is 198 Å². The number of H-pyrrole nitrogens is 1. The SMILES string of the molecule is CCOC(=O)c1[nH]c2ccc(F)cc2c1NC(=O)[C@@H](C)N1CCN(c2cccc(C)c2C)CC1. The number of piperazine rings is 1. The quantitative estimate of drug-likeness (QED) is 0.531. The molecule has 8 heteroatoms. The van der Waals surface area contributed by atoms with E-state index < -0.39 is 17.8 Å². The smallest absolute Gasteiger partial charge is 0.356 e. The van der Waals surface area contributed by atoms with E-state index in [0.29, 0.717) is 10.9 Å². The number of ether oxygens (including phenoxy) is 1. The summed E-state index contributed by atoms with van der Waals surface area (Å²) in [5.74, 6) is -1.30. The van der Waals surface area contributed by atoms with Crippen molar-refractivity contribution in [3.63, 3.8) is 0 Å². The molecule has 0 spiro atoms. The number of carbonyl (C=O) groups is 2. The third-order valence-corrected chi connectivity index (χ3v) is 6.65. The second kappa shape index (κ2) is 9.85.